The van der Waals surface area contributed by atoms with E-state index in [4.69, 9.17) is 0 Å². The van der Waals surface area contributed by atoms with Crippen LogP contribution in [0.25, 0.3) is 0 Å². The van der Waals surface area contributed by atoms with E-state index in [-0.39, 0.29) is 6.03 Å². The number of rotatable bonds is 2. The number of likely N-dealkylation sites (tertiary alicyclic amines) is 2. The molecular weight excluding hydrogens is 226 g/mol. The van der Waals surface area contributed by atoms with Crippen LogP contribution in [0.2, 0.25) is 0 Å². The van der Waals surface area contributed by atoms with E-state index in [0.29, 0.717) is 12.0 Å². The average molecular weight is 253 g/mol. The van der Waals surface area contributed by atoms with Crippen LogP contribution in [-0.4, -0.2) is 54.6 Å². The molecule has 1 atom stereocenters. The van der Waals surface area contributed by atoms with Gasteiger partial charge in [0, 0.05) is 32.2 Å². The van der Waals surface area contributed by atoms with E-state index < -0.39 is 0 Å². The molecule has 2 heterocycles. The Morgan fingerprint density at radius 2 is 1.89 bits per heavy atom. The molecule has 18 heavy (non-hydrogen) atoms. The Kier molecular flexibility index (Phi) is 4.87. The van der Waals surface area contributed by atoms with Crippen LogP contribution >= 0.6 is 0 Å². The molecule has 2 amide bonds. The number of urea groups is 1. The van der Waals surface area contributed by atoms with Gasteiger partial charge in [-0.2, -0.15) is 0 Å². The Morgan fingerprint density at radius 1 is 1.17 bits per heavy atom. The van der Waals surface area contributed by atoms with Gasteiger partial charge in [-0.15, -0.1) is 0 Å². The largest absolute Gasteiger partial charge is 0.325 e. The number of hydrogen-bond acceptors (Lipinski definition) is 2. The fourth-order valence-electron chi connectivity index (χ4n) is 3.13. The van der Waals surface area contributed by atoms with E-state index in [2.05, 4.69) is 24.1 Å². The zero-order chi connectivity index (χ0) is 13.0. The molecule has 1 unspecified atom stereocenters. The maximum atomic E-state index is 12.4. The fraction of sp³-hybridized carbons (Fsp3) is 0.929. The Labute approximate surface area is 111 Å². The molecule has 0 spiro atoms. The van der Waals surface area contributed by atoms with Gasteiger partial charge in [-0.1, -0.05) is 13.8 Å². The van der Waals surface area contributed by atoms with Crippen LogP contribution in [0.5, 0.6) is 0 Å². The van der Waals surface area contributed by atoms with Crippen molar-refractivity contribution in [1.82, 2.24) is 15.1 Å². The molecule has 1 N–H and O–H groups in total. The predicted molar refractivity (Wildman–Crippen MR) is 73.6 cm³/mol. The molecule has 4 heteroatoms. The highest BCUT2D eigenvalue weighted by molar-refractivity contribution is 5.74. The lowest BCUT2D eigenvalue weighted by atomic mass is 10.0. The van der Waals surface area contributed by atoms with Crippen LogP contribution in [0.1, 0.15) is 39.5 Å². The number of nitrogens with one attached hydrogen (secondary N) is 1. The van der Waals surface area contributed by atoms with E-state index in [0.717, 1.165) is 45.6 Å². The third kappa shape index (κ3) is 3.37. The monoisotopic (exact) mass is 253 g/mol. The Morgan fingerprint density at radius 3 is 2.50 bits per heavy atom. The minimum atomic E-state index is 0.275. The van der Waals surface area contributed by atoms with Gasteiger partial charge in [-0.3, -0.25) is 0 Å². The molecule has 2 rings (SSSR count). The molecule has 2 aliphatic heterocycles. The summed E-state index contributed by atoms with van der Waals surface area (Å²) in [7, 11) is 0. The van der Waals surface area contributed by atoms with E-state index in [1.165, 1.54) is 12.8 Å². The summed E-state index contributed by atoms with van der Waals surface area (Å²) in [6.07, 6.45) is 4.64. The number of carbonyl (C=O) groups excluding carboxylic acids is 1. The summed E-state index contributed by atoms with van der Waals surface area (Å²) in [5, 5.41) is 3.48. The third-order valence-corrected chi connectivity index (χ3v) is 4.19. The van der Waals surface area contributed by atoms with E-state index >= 15 is 0 Å². The van der Waals surface area contributed by atoms with Gasteiger partial charge < -0.3 is 15.1 Å². The summed E-state index contributed by atoms with van der Waals surface area (Å²) in [6.45, 7) is 9.16. The summed E-state index contributed by atoms with van der Waals surface area (Å²) in [5.74, 6) is 0.669. The highest BCUT2D eigenvalue weighted by Crippen LogP contribution is 2.19. The molecule has 2 saturated heterocycles. The molecule has 0 radical (unpaired) electrons. The summed E-state index contributed by atoms with van der Waals surface area (Å²) in [6, 6.07) is 0.885. The van der Waals surface area contributed by atoms with Crippen LogP contribution < -0.4 is 5.32 Å². The average Bonchev–Trinajstić information content (AvgIpc) is 2.39. The van der Waals surface area contributed by atoms with Crippen molar-refractivity contribution in [3.63, 3.8) is 0 Å². The number of piperidine rings is 2. The lowest BCUT2D eigenvalue weighted by molar-refractivity contribution is 0.119. The number of hydrogen-bond donors (Lipinski definition) is 1. The zero-order valence-electron chi connectivity index (χ0n) is 11.8. The summed E-state index contributed by atoms with van der Waals surface area (Å²) in [4.78, 5) is 16.5. The van der Waals surface area contributed by atoms with Gasteiger partial charge in [0.1, 0.15) is 0 Å². The standard InChI is InChI=1S/C14H27N3O/c1-3-15-13-6-9-16(10-7-13)14(18)17-8-4-5-12(2)11-17/h12-13,15H,3-11H2,1-2H3. The first-order valence-corrected chi connectivity index (χ1v) is 7.48. The van der Waals surface area contributed by atoms with Crippen LogP contribution in [0, 0.1) is 5.92 Å². The van der Waals surface area contributed by atoms with Gasteiger partial charge in [0.05, 0.1) is 0 Å². The third-order valence-electron chi connectivity index (χ3n) is 4.19. The van der Waals surface area contributed by atoms with Gasteiger partial charge in [0.25, 0.3) is 0 Å². The van der Waals surface area contributed by atoms with Crippen LogP contribution in [0.3, 0.4) is 0 Å². The summed E-state index contributed by atoms with van der Waals surface area (Å²) >= 11 is 0. The van der Waals surface area contributed by atoms with Crippen molar-refractivity contribution in [2.75, 3.05) is 32.7 Å². The number of nitrogens with zero attached hydrogens (tertiary/aromatic N) is 2. The summed E-state index contributed by atoms with van der Waals surface area (Å²) < 4.78 is 0. The molecule has 0 bridgehead atoms. The highest BCUT2D eigenvalue weighted by Gasteiger charge is 2.28. The van der Waals surface area contributed by atoms with Crippen molar-refractivity contribution in [3.05, 3.63) is 0 Å². The van der Waals surface area contributed by atoms with Crippen molar-refractivity contribution in [3.8, 4) is 0 Å². The molecule has 2 fully saturated rings. The van der Waals surface area contributed by atoms with Gasteiger partial charge in [0.2, 0.25) is 0 Å². The normalized spacial score (nSPS) is 26.4. The quantitative estimate of drug-likeness (QED) is 0.816. The number of amides is 2. The van der Waals surface area contributed by atoms with Crippen molar-refractivity contribution in [2.45, 2.75) is 45.6 Å². The summed E-state index contributed by atoms with van der Waals surface area (Å²) in [5.41, 5.74) is 0. The Bertz CT molecular complexity index is 274. The topological polar surface area (TPSA) is 35.6 Å². The molecule has 2 aliphatic rings. The molecule has 0 aliphatic carbocycles. The lowest BCUT2D eigenvalue weighted by Crippen LogP contribution is -2.51. The Balaban J connectivity index is 1.80. The van der Waals surface area contributed by atoms with Crippen molar-refractivity contribution < 1.29 is 4.79 Å². The SMILES string of the molecule is CCNC1CCN(C(=O)N2CCCC(C)C2)CC1. The van der Waals surface area contributed by atoms with Crippen molar-refractivity contribution in [1.29, 1.82) is 0 Å². The smallest absolute Gasteiger partial charge is 0.320 e. The second kappa shape index (κ2) is 6.41. The molecule has 0 saturated carbocycles. The molecule has 0 aromatic carbocycles. The van der Waals surface area contributed by atoms with Crippen LogP contribution in [0.15, 0.2) is 0 Å². The van der Waals surface area contributed by atoms with Gasteiger partial charge in [-0.25, -0.2) is 4.79 Å². The van der Waals surface area contributed by atoms with Crippen molar-refractivity contribution in [2.24, 2.45) is 5.92 Å². The maximum absolute atomic E-state index is 12.4. The molecule has 0 aromatic rings. The maximum Gasteiger partial charge on any atom is 0.320 e. The van der Waals surface area contributed by atoms with Crippen LogP contribution in [0.4, 0.5) is 4.79 Å². The van der Waals surface area contributed by atoms with Crippen LogP contribution in [-0.2, 0) is 0 Å². The van der Waals surface area contributed by atoms with Crippen molar-refractivity contribution >= 4 is 6.03 Å². The molecule has 0 aromatic heterocycles. The second-order valence-corrected chi connectivity index (χ2v) is 5.79. The minimum absolute atomic E-state index is 0.275. The van der Waals surface area contributed by atoms with E-state index in [9.17, 15) is 4.79 Å². The second-order valence-electron chi connectivity index (χ2n) is 5.79. The number of carbonyl (C=O) groups is 1. The lowest BCUT2D eigenvalue weighted by Gasteiger charge is -2.38. The first-order valence-electron chi connectivity index (χ1n) is 7.48. The first kappa shape index (κ1) is 13.7. The highest BCUT2D eigenvalue weighted by atomic mass is 16.2. The molecule has 4 nitrogen and oxygen atoms in total. The molecule has 104 valence electrons. The van der Waals surface area contributed by atoms with Gasteiger partial charge >= 0.3 is 6.03 Å². The fourth-order valence-corrected chi connectivity index (χ4v) is 3.13. The van der Waals surface area contributed by atoms with E-state index in [1.807, 2.05) is 4.90 Å². The van der Waals surface area contributed by atoms with Gasteiger partial charge in [-0.05, 0) is 38.1 Å². The molecular formula is C14H27N3O. The minimum Gasteiger partial charge on any atom is -0.325 e. The van der Waals surface area contributed by atoms with Gasteiger partial charge in [0.15, 0.2) is 0 Å². The Hall–Kier alpha value is -0.770. The predicted octanol–water partition coefficient (Wildman–Crippen LogP) is 1.91. The zero-order valence-corrected chi connectivity index (χ0v) is 11.8. The first-order chi connectivity index (χ1) is 8.70. The van der Waals surface area contributed by atoms with E-state index in [1.54, 1.807) is 0 Å².